The number of fused-ring (bicyclic) bond motifs is 1. The molecule has 1 aliphatic rings. The topological polar surface area (TPSA) is 68.4 Å². The van der Waals surface area contributed by atoms with Crippen molar-refractivity contribution in [2.45, 2.75) is 12.8 Å². The lowest BCUT2D eigenvalue weighted by Gasteiger charge is -2.28. The van der Waals surface area contributed by atoms with E-state index in [9.17, 15) is 4.39 Å². The van der Waals surface area contributed by atoms with E-state index in [1.807, 2.05) is 22.9 Å². The van der Waals surface area contributed by atoms with E-state index < -0.39 is 5.95 Å². The highest BCUT2D eigenvalue weighted by Crippen LogP contribution is 2.19. The lowest BCUT2D eigenvalue weighted by Crippen LogP contribution is -2.37. The van der Waals surface area contributed by atoms with Crippen LogP contribution in [0.25, 0.3) is 5.65 Å². The van der Waals surface area contributed by atoms with E-state index >= 15 is 0 Å². The SMILES string of the molecule is Fc1ccc(Cc2nc(Cc3ccn4ccnc4c3)cc(N3CCOCC3)n2)cn1. The van der Waals surface area contributed by atoms with Crippen LogP contribution in [0.3, 0.4) is 0 Å². The second-order valence-corrected chi connectivity index (χ2v) is 7.30. The van der Waals surface area contributed by atoms with Crippen LogP contribution in [-0.2, 0) is 17.6 Å². The van der Waals surface area contributed by atoms with E-state index in [-0.39, 0.29) is 0 Å². The van der Waals surface area contributed by atoms with Crippen LogP contribution in [0.2, 0.25) is 0 Å². The fourth-order valence-electron chi connectivity index (χ4n) is 3.63. The average molecular weight is 404 g/mol. The molecule has 0 radical (unpaired) electrons. The van der Waals surface area contributed by atoms with Crippen molar-refractivity contribution >= 4 is 11.5 Å². The number of aromatic nitrogens is 5. The van der Waals surface area contributed by atoms with E-state index in [0.717, 1.165) is 41.4 Å². The number of anilines is 1. The Bertz CT molecular complexity index is 1150. The Balaban J connectivity index is 1.46. The molecule has 0 aliphatic carbocycles. The van der Waals surface area contributed by atoms with Crippen LogP contribution in [0.15, 0.2) is 55.1 Å². The molecule has 0 atom stereocenters. The Morgan fingerprint density at radius 1 is 0.933 bits per heavy atom. The smallest absolute Gasteiger partial charge is 0.212 e. The van der Waals surface area contributed by atoms with E-state index in [0.29, 0.717) is 31.9 Å². The van der Waals surface area contributed by atoms with E-state index in [2.05, 4.69) is 27.0 Å². The Kier molecular flexibility index (Phi) is 5.06. The molecule has 0 unspecified atom stereocenters. The second kappa shape index (κ2) is 8.16. The Labute approximate surface area is 173 Å². The molecule has 0 N–H and O–H groups in total. The summed E-state index contributed by atoms with van der Waals surface area (Å²) >= 11 is 0. The molecule has 30 heavy (non-hydrogen) atoms. The molecule has 4 aromatic heterocycles. The first-order valence-electron chi connectivity index (χ1n) is 9.94. The van der Waals surface area contributed by atoms with Gasteiger partial charge in [0.05, 0.1) is 18.9 Å². The van der Waals surface area contributed by atoms with Gasteiger partial charge in [-0.1, -0.05) is 6.07 Å². The average Bonchev–Trinajstić information content (AvgIpc) is 3.24. The van der Waals surface area contributed by atoms with Gasteiger partial charge in [-0.2, -0.15) is 4.39 Å². The molecule has 152 valence electrons. The summed E-state index contributed by atoms with van der Waals surface area (Å²) in [5.41, 5.74) is 3.86. The first-order chi connectivity index (χ1) is 14.7. The molecular formula is C22H21FN6O. The molecule has 0 bridgehead atoms. The summed E-state index contributed by atoms with van der Waals surface area (Å²) in [6.45, 7) is 2.97. The molecule has 5 rings (SSSR count). The van der Waals surface area contributed by atoms with Crippen molar-refractivity contribution in [3.63, 3.8) is 0 Å². The molecule has 0 spiro atoms. The van der Waals surface area contributed by atoms with Crippen molar-refractivity contribution in [1.82, 2.24) is 24.3 Å². The van der Waals surface area contributed by atoms with Crippen molar-refractivity contribution in [3.05, 3.63) is 83.7 Å². The van der Waals surface area contributed by atoms with Gasteiger partial charge in [0.2, 0.25) is 5.95 Å². The lowest BCUT2D eigenvalue weighted by atomic mass is 10.1. The number of hydrogen-bond donors (Lipinski definition) is 0. The van der Waals surface area contributed by atoms with Crippen LogP contribution in [0, 0.1) is 5.95 Å². The highest BCUT2D eigenvalue weighted by atomic mass is 19.1. The molecule has 7 nitrogen and oxygen atoms in total. The number of ether oxygens (including phenoxy) is 1. The highest BCUT2D eigenvalue weighted by molar-refractivity contribution is 5.45. The van der Waals surface area contributed by atoms with Crippen molar-refractivity contribution in [2.75, 3.05) is 31.2 Å². The fraction of sp³-hybridized carbons (Fsp3) is 0.273. The maximum absolute atomic E-state index is 13.2. The number of rotatable bonds is 5. The number of hydrogen-bond acceptors (Lipinski definition) is 6. The molecule has 5 heterocycles. The fourth-order valence-corrected chi connectivity index (χ4v) is 3.63. The van der Waals surface area contributed by atoms with Crippen LogP contribution in [-0.4, -0.2) is 50.6 Å². The third-order valence-corrected chi connectivity index (χ3v) is 5.15. The van der Waals surface area contributed by atoms with Crippen LogP contribution in [0.1, 0.15) is 22.6 Å². The minimum absolute atomic E-state index is 0.489. The van der Waals surface area contributed by atoms with Crippen molar-refractivity contribution in [3.8, 4) is 0 Å². The third kappa shape index (κ3) is 4.13. The molecule has 4 aromatic rings. The van der Waals surface area contributed by atoms with Gasteiger partial charge in [0.1, 0.15) is 17.3 Å². The monoisotopic (exact) mass is 404 g/mol. The normalized spacial score (nSPS) is 14.4. The largest absolute Gasteiger partial charge is 0.378 e. The minimum atomic E-state index is -0.489. The van der Waals surface area contributed by atoms with Crippen molar-refractivity contribution in [1.29, 1.82) is 0 Å². The first kappa shape index (κ1) is 18.6. The maximum Gasteiger partial charge on any atom is 0.212 e. The Morgan fingerprint density at radius 2 is 1.83 bits per heavy atom. The standard InChI is InChI=1S/C22H21FN6O/c23-19-2-1-17(15-25-19)12-20-26-18(14-22(27-20)29-7-9-30-10-8-29)11-16-3-5-28-6-4-24-21(28)13-16/h1-6,13-15H,7-12H2. The predicted molar refractivity (Wildman–Crippen MR) is 110 cm³/mol. The van der Waals surface area contributed by atoms with Crippen LogP contribution < -0.4 is 4.90 Å². The first-order valence-corrected chi connectivity index (χ1v) is 9.94. The van der Waals surface area contributed by atoms with Gasteiger partial charge >= 0.3 is 0 Å². The van der Waals surface area contributed by atoms with E-state index in [1.165, 1.54) is 12.3 Å². The minimum Gasteiger partial charge on any atom is -0.378 e. The van der Waals surface area contributed by atoms with Gasteiger partial charge in [-0.05, 0) is 29.3 Å². The zero-order chi connectivity index (χ0) is 20.3. The number of nitrogens with zero attached hydrogens (tertiary/aromatic N) is 6. The van der Waals surface area contributed by atoms with Crippen molar-refractivity contribution in [2.24, 2.45) is 0 Å². The molecule has 1 saturated heterocycles. The van der Waals surface area contributed by atoms with E-state index in [4.69, 9.17) is 14.7 Å². The van der Waals surface area contributed by atoms with Crippen molar-refractivity contribution < 1.29 is 9.13 Å². The molecule has 1 fully saturated rings. The van der Waals surface area contributed by atoms with Gasteiger partial charge in [0.15, 0.2) is 0 Å². The number of morpholine rings is 1. The van der Waals surface area contributed by atoms with Gasteiger partial charge in [0, 0.05) is 56.8 Å². The summed E-state index contributed by atoms with van der Waals surface area (Å²) < 4.78 is 20.6. The summed E-state index contributed by atoms with van der Waals surface area (Å²) in [6, 6.07) is 9.28. The Hall–Kier alpha value is -3.39. The summed E-state index contributed by atoms with van der Waals surface area (Å²) in [5, 5.41) is 0. The van der Waals surface area contributed by atoms with Gasteiger partial charge in [-0.15, -0.1) is 0 Å². The summed E-state index contributed by atoms with van der Waals surface area (Å²) in [7, 11) is 0. The van der Waals surface area contributed by atoms with Gasteiger partial charge in [0.25, 0.3) is 0 Å². The third-order valence-electron chi connectivity index (χ3n) is 5.15. The summed E-state index contributed by atoms with van der Waals surface area (Å²) in [5.74, 6) is 1.11. The van der Waals surface area contributed by atoms with Gasteiger partial charge < -0.3 is 14.0 Å². The predicted octanol–water partition coefficient (Wildman–Crippen LogP) is 2.68. The zero-order valence-corrected chi connectivity index (χ0v) is 16.4. The molecule has 0 amide bonds. The Morgan fingerprint density at radius 3 is 2.67 bits per heavy atom. The number of halogens is 1. The molecular weight excluding hydrogens is 383 g/mol. The summed E-state index contributed by atoms with van der Waals surface area (Å²) in [4.78, 5) is 19.9. The quantitative estimate of drug-likeness (QED) is 0.477. The second-order valence-electron chi connectivity index (χ2n) is 7.30. The zero-order valence-electron chi connectivity index (χ0n) is 16.4. The van der Waals surface area contributed by atoms with Gasteiger partial charge in [-0.3, -0.25) is 0 Å². The van der Waals surface area contributed by atoms with Crippen LogP contribution >= 0.6 is 0 Å². The molecule has 8 heteroatoms. The summed E-state index contributed by atoms with van der Waals surface area (Å²) in [6.07, 6.45) is 8.43. The van der Waals surface area contributed by atoms with E-state index in [1.54, 1.807) is 12.3 Å². The number of pyridine rings is 2. The molecule has 0 saturated carbocycles. The number of imidazole rings is 1. The highest BCUT2D eigenvalue weighted by Gasteiger charge is 2.16. The molecule has 0 aromatic carbocycles. The molecule has 1 aliphatic heterocycles. The van der Waals surface area contributed by atoms with Gasteiger partial charge in [-0.25, -0.2) is 19.9 Å². The lowest BCUT2D eigenvalue weighted by molar-refractivity contribution is 0.122. The van der Waals surface area contributed by atoms with Crippen LogP contribution in [0.4, 0.5) is 10.2 Å². The van der Waals surface area contributed by atoms with Crippen LogP contribution in [0.5, 0.6) is 0 Å². The maximum atomic E-state index is 13.2.